The maximum Gasteiger partial charge on any atom is 0.276 e. The van der Waals surface area contributed by atoms with Gasteiger partial charge in [0, 0.05) is 10.9 Å². The number of aryl methyl sites for hydroxylation is 2. The second-order valence-electron chi connectivity index (χ2n) is 4.88. The van der Waals surface area contributed by atoms with Crippen LogP contribution in [-0.2, 0) is 0 Å². The van der Waals surface area contributed by atoms with Crippen molar-refractivity contribution in [3.63, 3.8) is 0 Å². The summed E-state index contributed by atoms with van der Waals surface area (Å²) in [6.07, 6.45) is 2.06. The molecule has 106 valence electrons. The predicted octanol–water partition coefficient (Wildman–Crippen LogP) is 4.40. The smallest absolute Gasteiger partial charge is 0.276 e. The Kier molecular flexibility index (Phi) is 6.28. The average Bonchev–Trinajstić information content (AvgIpc) is 2.31. The van der Waals surface area contributed by atoms with E-state index in [1.165, 1.54) is 6.07 Å². The van der Waals surface area contributed by atoms with E-state index in [1.54, 1.807) is 13.0 Å². The molecule has 0 amide bonds. The molecule has 0 bridgehead atoms. The number of ether oxygens (including phenoxy) is 1. The molecule has 0 aromatic heterocycles. The molecule has 1 aromatic rings. The molecular formula is C14H20BrNO3. The average molecular weight is 330 g/mol. The summed E-state index contributed by atoms with van der Waals surface area (Å²) in [4.78, 5) is 10.5. The Bertz CT molecular complexity index is 449. The Labute approximate surface area is 122 Å². The zero-order valence-corrected chi connectivity index (χ0v) is 13.2. The van der Waals surface area contributed by atoms with Crippen molar-refractivity contribution in [1.29, 1.82) is 0 Å². The van der Waals surface area contributed by atoms with Gasteiger partial charge in [-0.2, -0.15) is 0 Å². The van der Waals surface area contributed by atoms with Crippen LogP contribution in [0.1, 0.15) is 30.9 Å². The van der Waals surface area contributed by atoms with Crippen LogP contribution < -0.4 is 4.74 Å². The molecule has 1 rings (SSSR count). The van der Waals surface area contributed by atoms with E-state index in [0.717, 1.165) is 23.7 Å². The van der Waals surface area contributed by atoms with Crippen LogP contribution in [0.25, 0.3) is 0 Å². The minimum Gasteiger partial charge on any atom is -0.493 e. The molecule has 0 saturated heterocycles. The quantitative estimate of drug-likeness (QED) is 0.423. The van der Waals surface area contributed by atoms with Gasteiger partial charge in [-0.05, 0) is 44.2 Å². The van der Waals surface area contributed by atoms with Gasteiger partial charge in [0.1, 0.15) is 5.75 Å². The summed E-state index contributed by atoms with van der Waals surface area (Å²) in [6.45, 7) is 6.42. The summed E-state index contributed by atoms with van der Waals surface area (Å²) < 4.78 is 5.68. The number of hydrogen-bond donors (Lipinski definition) is 0. The summed E-state index contributed by atoms with van der Waals surface area (Å²) in [5.74, 6) is 1.20. The van der Waals surface area contributed by atoms with Gasteiger partial charge in [-0.15, -0.1) is 0 Å². The number of nitro benzene ring substituents is 1. The van der Waals surface area contributed by atoms with Crippen molar-refractivity contribution in [3.8, 4) is 5.75 Å². The van der Waals surface area contributed by atoms with E-state index < -0.39 is 0 Å². The molecular weight excluding hydrogens is 310 g/mol. The minimum atomic E-state index is -0.366. The summed E-state index contributed by atoms with van der Waals surface area (Å²) in [5, 5.41) is 11.9. The predicted molar refractivity (Wildman–Crippen MR) is 80.3 cm³/mol. The topological polar surface area (TPSA) is 52.4 Å². The van der Waals surface area contributed by atoms with Gasteiger partial charge in [0.2, 0.25) is 0 Å². The fraction of sp³-hybridized carbons (Fsp3) is 0.571. The number of nitro groups is 1. The molecule has 0 heterocycles. The first-order valence-corrected chi connectivity index (χ1v) is 7.52. The van der Waals surface area contributed by atoms with Crippen LogP contribution in [0.3, 0.4) is 0 Å². The molecule has 0 fully saturated rings. The van der Waals surface area contributed by atoms with Crippen LogP contribution in [0.4, 0.5) is 5.69 Å². The molecule has 19 heavy (non-hydrogen) atoms. The number of hydrogen-bond acceptors (Lipinski definition) is 3. The van der Waals surface area contributed by atoms with Crippen molar-refractivity contribution in [2.75, 3.05) is 11.9 Å². The summed E-state index contributed by atoms with van der Waals surface area (Å²) in [5.41, 5.74) is 1.73. The zero-order valence-electron chi connectivity index (χ0n) is 11.6. The van der Waals surface area contributed by atoms with Crippen LogP contribution in [0.15, 0.2) is 12.1 Å². The van der Waals surface area contributed by atoms with E-state index in [2.05, 4.69) is 22.9 Å². The summed E-state index contributed by atoms with van der Waals surface area (Å²) in [7, 11) is 0. The van der Waals surface area contributed by atoms with Crippen LogP contribution in [0.5, 0.6) is 5.75 Å². The highest BCUT2D eigenvalue weighted by molar-refractivity contribution is 9.09. The first-order chi connectivity index (χ1) is 8.95. The van der Waals surface area contributed by atoms with Crippen LogP contribution in [0.2, 0.25) is 0 Å². The van der Waals surface area contributed by atoms with Gasteiger partial charge in [-0.3, -0.25) is 10.1 Å². The number of alkyl halides is 1. The second-order valence-corrected chi connectivity index (χ2v) is 5.67. The molecule has 4 nitrogen and oxygen atoms in total. The van der Waals surface area contributed by atoms with E-state index in [-0.39, 0.29) is 10.6 Å². The lowest BCUT2D eigenvalue weighted by atomic mass is 10.1. The number of nitrogens with zero attached hydrogens (tertiary/aromatic N) is 1. The normalized spacial score (nSPS) is 12.2. The van der Waals surface area contributed by atoms with E-state index in [0.29, 0.717) is 23.8 Å². The highest BCUT2D eigenvalue weighted by Gasteiger charge is 2.14. The lowest BCUT2D eigenvalue weighted by Crippen LogP contribution is -2.06. The zero-order chi connectivity index (χ0) is 14.4. The Morgan fingerprint density at radius 2 is 2.00 bits per heavy atom. The molecule has 0 spiro atoms. The maximum absolute atomic E-state index is 10.9. The van der Waals surface area contributed by atoms with Gasteiger partial charge >= 0.3 is 0 Å². The molecule has 0 N–H and O–H groups in total. The largest absolute Gasteiger partial charge is 0.493 e. The van der Waals surface area contributed by atoms with Crippen molar-refractivity contribution in [3.05, 3.63) is 33.4 Å². The number of rotatable bonds is 7. The van der Waals surface area contributed by atoms with Gasteiger partial charge in [0.15, 0.2) is 0 Å². The Morgan fingerprint density at radius 1 is 1.32 bits per heavy atom. The van der Waals surface area contributed by atoms with Crippen LogP contribution >= 0.6 is 15.9 Å². The van der Waals surface area contributed by atoms with E-state index in [9.17, 15) is 10.1 Å². The van der Waals surface area contributed by atoms with Gasteiger partial charge in [-0.1, -0.05) is 22.9 Å². The Morgan fingerprint density at radius 3 is 2.58 bits per heavy atom. The van der Waals surface area contributed by atoms with E-state index in [4.69, 9.17) is 4.74 Å². The third-order valence-electron chi connectivity index (χ3n) is 3.16. The lowest BCUT2D eigenvalue weighted by Gasteiger charge is -2.13. The first kappa shape index (κ1) is 16.0. The molecule has 0 aliphatic carbocycles. The SMILES string of the molecule is Cc1cc(C)c([N+](=O)[O-])cc1OCCC(C)CCBr. The molecule has 0 radical (unpaired) electrons. The van der Waals surface area contributed by atoms with Crippen molar-refractivity contribution in [1.82, 2.24) is 0 Å². The highest BCUT2D eigenvalue weighted by atomic mass is 79.9. The molecule has 1 unspecified atom stereocenters. The minimum absolute atomic E-state index is 0.120. The van der Waals surface area contributed by atoms with Gasteiger partial charge in [0.05, 0.1) is 17.6 Å². The molecule has 0 aliphatic rings. The fourth-order valence-electron chi connectivity index (χ4n) is 1.87. The number of halogens is 1. The monoisotopic (exact) mass is 329 g/mol. The van der Waals surface area contributed by atoms with Crippen molar-refractivity contribution in [2.45, 2.75) is 33.6 Å². The van der Waals surface area contributed by atoms with Crippen molar-refractivity contribution >= 4 is 21.6 Å². The van der Waals surface area contributed by atoms with E-state index in [1.807, 2.05) is 6.92 Å². The van der Waals surface area contributed by atoms with Gasteiger partial charge < -0.3 is 4.74 Å². The molecule has 1 aromatic carbocycles. The van der Waals surface area contributed by atoms with Crippen molar-refractivity contribution in [2.24, 2.45) is 5.92 Å². The molecule has 0 saturated carbocycles. The molecule has 5 heteroatoms. The molecule has 1 atom stereocenters. The summed E-state index contributed by atoms with van der Waals surface area (Å²) >= 11 is 3.42. The standard InChI is InChI=1S/C14H20BrNO3/c1-10(4-6-15)5-7-19-14-9-13(16(17)18)11(2)8-12(14)3/h8-10H,4-7H2,1-3H3. The maximum atomic E-state index is 10.9. The van der Waals surface area contributed by atoms with Gasteiger partial charge in [0.25, 0.3) is 5.69 Å². The Balaban J connectivity index is 2.68. The van der Waals surface area contributed by atoms with Gasteiger partial charge in [-0.25, -0.2) is 0 Å². The van der Waals surface area contributed by atoms with Crippen LogP contribution in [0, 0.1) is 29.9 Å². The second kappa shape index (κ2) is 7.48. The third kappa shape index (κ3) is 4.82. The highest BCUT2D eigenvalue weighted by Crippen LogP contribution is 2.28. The molecule has 0 aliphatic heterocycles. The van der Waals surface area contributed by atoms with Crippen LogP contribution in [-0.4, -0.2) is 16.9 Å². The first-order valence-electron chi connectivity index (χ1n) is 6.40. The lowest BCUT2D eigenvalue weighted by molar-refractivity contribution is -0.385. The Hall–Kier alpha value is -1.10. The number of benzene rings is 1. The fourth-order valence-corrected chi connectivity index (χ4v) is 2.66. The van der Waals surface area contributed by atoms with E-state index >= 15 is 0 Å². The third-order valence-corrected chi connectivity index (χ3v) is 3.62. The summed E-state index contributed by atoms with van der Waals surface area (Å²) in [6, 6.07) is 3.33. The van der Waals surface area contributed by atoms with Crippen molar-refractivity contribution < 1.29 is 9.66 Å².